The fraction of sp³-hybridized carbons (Fsp3) is 0.238. The van der Waals surface area contributed by atoms with Crippen LogP contribution in [0, 0.1) is 5.82 Å². The predicted octanol–water partition coefficient (Wildman–Crippen LogP) is 5.17. The number of hydrogen-bond acceptors (Lipinski definition) is 4. The molecule has 0 radical (unpaired) electrons. The maximum absolute atomic E-state index is 14.1. The second-order valence-corrected chi connectivity index (χ2v) is 7.68. The molecule has 3 aromatic rings. The molecule has 1 aromatic heterocycles. The highest BCUT2D eigenvalue weighted by Crippen LogP contribution is 2.33. The molecule has 0 unspecified atom stereocenters. The highest BCUT2D eigenvalue weighted by atomic mass is 35.5. The molecule has 2 amide bonds. The number of alkyl halides is 3. The summed E-state index contributed by atoms with van der Waals surface area (Å²) in [4.78, 5) is 12.3. The van der Waals surface area contributed by atoms with Crippen LogP contribution >= 0.6 is 23.2 Å². The number of aliphatic hydroxyl groups is 1. The number of urea groups is 1. The summed E-state index contributed by atoms with van der Waals surface area (Å²) in [5.41, 5.74) is -0.761. The number of rotatable bonds is 8. The normalized spacial score (nSPS) is 11.5. The highest BCUT2D eigenvalue weighted by Gasteiger charge is 2.35. The minimum absolute atomic E-state index is 0.00905. The van der Waals surface area contributed by atoms with Crippen LogP contribution in [0.2, 0.25) is 10.0 Å². The van der Waals surface area contributed by atoms with Crippen molar-refractivity contribution >= 4 is 34.9 Å². The molecule has 0 aliphatic rings. The molecule has 0 saturated carbocycles. The standard InChI is InChI=1S/C21H18Cl2F4N4O3/c22-15-2-1-3-17(19(15)23)31-14(9-18(30-31)21(25,26)27)10-28-20(33)29-13-5-4-12(16(24)8-13)11-34-7-6-32/h1-5,8-9,32H,6-7,10-11H2,(H2,28,29,33). The van der Waals surface area contributed by atoms with E-state index in [0.717, 1.165) is 16.8 Å². The number of hydrogen-bond donors (Lipinski definition) is 3. The SMILES string of the molecule is O=C(NCc1cc(C(F)(F)F)nn1-c1cccc(Cl)c1Cl)Nc1ccc(COCCO)c(F)c1. The zero-order valence-electron chi connectivity index (χ0n) is 17.3. The van der Waals surface area contributed by atoms with Crippen molar-refractivity contribution in [2.24, 2.45) is 0 Å². The van der Waals surface area contributed by atoms with E-state index in [1.807, 2.05) is 0 Å². The van der Waals surface area contributed by atoms with Gasteiger partial charge in [-0.1, -0.05) is 35.3 Å². The van der Waals surface area contributed by atoms with E-state index < -0.39 is 23.7 Å². The molecule has 0 saturated heterocycles. The Hall–Kier alpha value is -2.86. The number of anilines is 1. The largest absolute Gasteiger partial charge is 0.435 e. The lowest BCUT2D eigenvalue weighted by atomic mass is 10.2. The van der Waals surface area contributed by atoms with Gasteiger partial charge in [0.25, 0.3) is 0 Å². The van der Waals surface area contributed by atoms with Crippen molar-refractivity contribution < 1.29 is 32.2 Å². The fourth-order valence-electron chi connectivity index (χ4n) is 2.88. The lowest BCUT2D eigenvalue weighted by molar-refractivity contribution is -0.141. The molecule has 182 valence electrons. The summed E-state index contributed by atoms with van der Waals surface area (Å²) in [6.45, 7) is -0.563. The molecule has 2 aromatic carbocycles. The predicted molar refractivity (Wildman–Crippen MR) is 118 cm³/mol. The topological polar surface area (TPSA) is 88.4 Å². The summed E-state index contributed by atoms with van der Waals surface area (Å²) < 4.78 is 59.9. The summed E-state index contributed by atoms with van der Waals surface area (Å²) in [5, 5.41) is 17.2. The number of nitrogens with zero attached hydrogens (tertiary/aromatic N) is 2. The number of carbonyl (C=O) groups excluding carboxylic acids is 1. The van der Waals surface area contributed by atoms with E-state index in [0.29, 0.717) is 0 Å². The van der Waals surface area contributed by atoms with Crippen molar-refractivity contribution in [2.45, 2.75) is 19.3 Å². The van der Waals surface area contributed by atoms with Gasteiger partial charge in [-0.2, -0.15) is 18.3 Å². The average molecular weight is 521 g/mol. The summed E-state index contributed by atoms with van der Waals surface area (Å²) in [7, 11) is 0. The van der Waals surface area contributed by atoms with Gasteiger partial charge in [0, 0.05) is 11.3 Å². The van der Waals surface area contributed by atoms with Gasteiger partial charge >= 0.3 is 12.2 Å². The molecule has 0 aliphatic heterocycles. The monoisotopic (exact) mass is 520 g/mol. The number of amides is 2. The zero-order valence-corrected chi connectivity index (χ0v) is 18.8. The molecule has 0 bridgehead atoms. The van der Waals surface area contributed by atoms with Gasteiger partial charge in [-0.3, -0.25) is 0 Å². The van der Waals surface area contributed by atoms with E-state index in [4.69, 9.17) is 33.0 Å². The first kappa shape index (κ1) is 25.8. The Bertz CT molecular complexity index is 1170. The minimum Gasteiger partial charge on any atom is -0.394 e. The molecule has 0 spiro atoms. The Labute approximate surface area is 201 Å². The molecule has 0 fully saturated rings. The quantitative estimate of drug-likeness (QED) is 0.282. The summed E-state index contributed by atoms with van der Waals surface area (Å²) in [6, 6.07) is 8.27. The van der Waals surface area contributed by atoms with Crippen molar-refractivity contribution in [3.63, 3.8) is 0 Å². The van der Waals surface area contributed by atoms with Gasteiger partial charge in [0.1, 0.15) is 5.82 Å². The molecule has 1 heterocycles. The Morgan fingerprint density at radius 3 is 2.62 bits per heavy atom. The van der Waals surface area contributed by atoms with Gasteiger partial charge < -0.3 is 20.5 Å². The molecule has 13 heteroatoms. The van der Waals surface area contributed by atoms with Crippen LogP contribution in [-0.4, -0.2) is 34.1 Å². The van der Waals surface area contributed by atoms with Gasteiger partial charge in [-0.25, -0.2) is 13.9 Å². The third-order valence-corrected chi connectivity index (χ3v) is 5.28. The number of benzene rings is 2. The van der Waals surface area contributed by atoms with Crippen LogP contribution in [0.5, 0.6) is 0 Å². The first-order chi connectivity index (χ1) is 16.1. The molecule has 0 aliphatic carbocycles. The van der Waals surface area contributed by atoms with E-state index >= 15 is 0 Å². The van der Waals surface area contributed by atoms with E-state index in [9.17, 15) is 22.4 Å². The second kappa shape index (κ2) is 11.0. The first-order valence-electron chi connectivity index (χ1n) is 9.72. The summed E-state index contributed by atoms with van der Waals surface area (Å²) in [5.74, 6) is -0.640. The van der Waals surface area contributed by atoms with Crippen LogP contribution in [0.1, 0.15) is 17.0 Å². The van der Waals surface area contributed by atoms with Gasteiger partial charge in [-0.05, 0) is 30.3 Å². The first-order valence-corrected chi connectivity index (χ1v) is 10.5. The number of aliphatic hydroxyl groups excluding tert-OH is 1. The third kappa shape index (κ3) is 6.38. The lowest BCUT2D eigenvalue weighted by Gasteiger charge is -2.12. The van der Waals surface area contributed by atoms with Crippen molar-refractivity contribution in [3.05, 3.63) is 75.3 Å². The maximum atomic E-state index is 14.1. The summed E-state index contributed by atoms with van der Waals surface area (Å²) >= 11 is 12.1. The van der Waals surface area contributed by atoms with Crippen LogP contribution < -0.4 is 10.6 Å². The third-order valence-electron chi connectivity index (χ3n) is 4.47. The minimum atomic E-state index is -4.73. The Morgan fingerprint density at radius 2 is 1.94 bits per heavy atom. The van der Waals surface area contributed by atoms with E-state index in [-0.39, 0.29) is 59.0 Å². The van der Waals surface area contributed by atoms with Crippen LogP contribution in [0.15, 0.2) is 42.5 Å². The molecule has 0 atom stereocenters. The van der Waals surface area contributed by atoms with Crippen molar-refractivity contribution in [1.82, 2.24) is 15.1 Å². The van der Waals surface area contributed by atoms with Crippen LogP contribution in [0.3, 0.4) is 0 Å². The van der Waals surface area contributed by atoms with Crippen molar-refractivity contribution in [1.29, 1.82) is 0 Å². The zero-order chi connectivity index (χ0) is 24.9. The molecular weight excluding hydrogens is 503 g/mol. The number of carbonyl (C=O) groups is 1. The fourth-order valence-corrected chi connectivity index (χ4v) is 3.26. The molecule has 3 rings (SSSR count). The number of ether oxygens (including phenoxy) is 1. The molecule has 3 N–H and O–H groups in total. The van der Waals surface area contributed by atoms with Gasteiger partial charge in [0.2, 0.25) is 0 Å². The smallest absolute Gasteiger partial charge is 0.394 e. The van der Waals surface area contributed by atoms with Crippen LogP contribution in [0.4, 0.5) is 28.0 Å². The summed E-state index contributed by atoms with van der Waals surface area (Å²) in [6.07, 6.45) is -4.73. The Kier molecular flexibility index (Phi) is 8.37. The van der Waals surface area contributed by atoms with E-state index in [2.05, 4.69) is 15.7 Å². The van der Waals surface area contributed by atoms with Crippen LogP contribution in [0.25, 0.3) is 5.69 Å². The van der Waals surface area contributed by atoms with Gasteiger partial charge in [0.15, 0.2) is 5.69 Å². The highest BCUT2D eigenvalue weighted by molar-refractivity contribution is 6.43. The molecule has 34 heavy (non-hydrogen) atoms. The van der Waals surface area contributed by atoms with Gasteiger partial charge in [0.05, 0.1) is 47.8 Å². The number of nitrogens with one attached hydrogen (secondary N) is 2. The van der Waals surface area contributed by atoms with E-state index in [1.165, 1.54) is 30.3 Å². The molecular formula is C21H18Cl2F4N4O3. The Morgan fingerprint density at radius 1 is 1.18 bits per heavy atom. The lowest BCUT2D eigenvalue weighted by Crippen LogP contribution is -2.29. The van der Waals surface area contributed by atoms with Crippen LogP contribution in [-0.2, 0) is 24.1 Å². The Balaban J connectivity index is 1.73. The van der Waals surface area contributed by atoms with Crippen molar-refractivity contribution in [3.8, 4) is 5.69 Å². The maximum Gasteiger partial charge on any atom is 0.435 e. The van der Waals surface area contributed by atoms with Crippen molar-refractivity contribution in [2.75, 3.05) is 18.5 Å². The number of aromatic nitrogens is 2. The average Bonchev–Trinajstić information content (AvgIpc) is 3.20. The number of halogens is 6. The second-order valence-electron chi connectivity index (χ2n) is 6.89. The molecule has 7 nitrogen and oxygen atoms in total. The van der Waals surface area contributed by atoms with Gasteiger partial charge in [-0.15, -0.1) is 0 Å². The van der Waals surface area contributed by atoms with E-state index in [1.54, 1.807) is 0 Å².